The van der Waals surface area contributed by atoms with Gasteiger partial charge in [0.25, 0.3) is 0 Å². The molecule has 0 aliphatic rings. The average Bonchev–Trinajstić information content (AvgIpc) is 1.82. The van der Waals surface area contributed by atoms with E-state index in [1.165, 1.54) is 12.8 Å². The Morgan fingerprint density at radius 1 is 1.08 bits per heavy atom. The molecule has 0 bridgehead atoms. The van der Waals surface area contributed by atoms with Gasteiger partial charge in [0.05, 0.1) is 7.85 Å². The number of rotatable bonds is 4. The van der Waals surface area contributed by atoms with Crippen LogP contribution in [0.3, 0.4) is 0 Å². The van der Waals surface area contributed by atoms with Crippen LogP contribution in [-0.2, 0) is 0 Å². The van der Waals surface area contributed by atoms with Gasteiger partial charge in [-0.15, -0.1) is 0 Å². The van der Waals surface area contributed by atoms with Gasteiger partial charge in [0, 0.05) is 0 Å². The Hall–Kier alpha value is 0.0649. The Labute approximate surface area is 85.9 Å². The molecule has 0 rings (SSSR count). The lowest BCUT2D eigenvalue weighted by molar-refractivity contribution is 0.116. The van der Waals surface area contributed by atoms with E-state index in [2.05, 4.69) is 41.5 Å². The quantitative estimate of drug-likeness (QED) is 0.568. The fourth-order valence-corrected chi connectivity index (χ4v) is 1.24. The largest absolute Gasteiger partial charge is 0.0802 e. The molecule has 0 aromatic heterocycles. The molecule has 0 nitrogen and oxygen atoms in total. The van der Waals surface area contributed by atoms with Gasteiger partial charge < -0.3 is 0 Å². The summed E-state index contributed by atoms with van der Waals surface area (Å²) in [7, 11) is 5.73. The third-order valence-electron chi connectivity index (χ3n) is 3.49. The zero-order valence-electron chi connectivity index (χ0n) is 10.3. The van der Waals surface area contributed by atoms with Gasteiger partial charge in [0.2, 0.25) is 0 Å². The van der Waals surface area contributed by atoms with Crippen LogP contribution in [0.4, 0.5) is 0 Å². The summed E-state index contributed by atoms with van der Waals surface area (Å²) in [6.07, 6.45) is 3.68. The fourth-order valence-electron chi connectivity index (χ4n) is 1.24. The Bertz CT molecular complexity index is 140. The van der Waals surface area contributed by atoms with Crippen LogP contribution in [0.1, 0.15) is 60.8 Å². The summed E-state index contributed by atoms with van der Waals surface area (Å²) in [5.74, 6) is 0.357. The van der Waals surface area contributed by atoms with Gasteiger partial charge >= 0.3 is 0 Å². The summed E-state index contributed by atoms with van der Waals surface area (Å²) >= 11 is 0. The van der Waals surface area contributed by atoms with Crippen LogP contribution < -0.4 is 0 Å². The van der Waals surface area contributed by atoms with Crippen molar-refractivity contribution in [2.24, 2.45) is 10.8 Å². The highest BCUT2D eigenvalue weighted by Gasteiger charge is 2.31. The van der Waals surface area contributed by atoms with Crippen molar-refractivity contribution in [3.63, 3.8) is 0 Å². The predicted molar refractivity (Wildman–Crippen MR) is 62.3 cm³/mol. The third-order valence-corrected chi connectivity index (χ3v) is 3.49. The molecule has 0 saturated heterocycles. The molecule has 0 aliphatic carbocycles. The minimum absolute atomic E-state index is 0.357. The van der Waals surface area contributed by atoms with Gasteiger partial charge in [-0.25, -0.2) is 0 Å². The molecule has 1 unspecified atom stereocenters. The van der Waals surface area contributed by atoms with E-state index in [1.54, 1.807) is 0 Å². The molecule has 0 spiro atoms. The SMILES string of the molecule is [B]C(C)CCCC(C)(C)C(C)(C)C. The summed E-state index contributed by atoms with van der Waals surface area (Å²) < 4.78 is 0. The van der Waals surface area contributed by atoms with Crippen molar-refractivity contribution in [2.45, 2.75) is 66.6 Å². The van der Waals surface area contributed by atoms with Crippen molar-refractivity contribution in [1.82, 2.24) is 0 Å². The second kappa shape index (κ2) is 4.53. The normalized spacial score (nSPS) is 15.8. The first-order valence-corrected chi connectivity index (χ1v) is 5.42. The zero-order valence-corrected chi connectivity index (χ0v) is 10.3. The third kappa shape index (κ3) is 4.74. The van der Waals surface area contributed by atoms with Crippen LogP contribution >= 0.6 is 0 Å². The maximum atomic E-state index is 5.73. The van der Waals surface area contributed by atoms with Crippen molar-refractivity contribution in [3.05, 3.63) is 0 Å². The lowest BCUT2D eigenvalue weighted by Gasteiger charge is -2.39. The van der Waals surface area contributed by atoms with Crippen molar-refractivity contribution < 1.29 is 0 Å². The van der Waals surface area contributed by atoms with E-state index >= 15 is 0 Å². The summed E-state index contributed by atoms with van der Waals surface area (Å²) in [5, 5.41) is 0. The summed E-state index contributed by atoms with van der Waals surface area (Å²) in [4.78, 5) is 0. The van der Waals surface area contributed by atoms with Crippen molar-refractivity contribution in [2.75, 3.05) is 0 Å². The summed E-state index contributed by atoms with van der Waals surface area (Å²) in [6, 6.07) is 0. The van der Waals surface area contributed by atoms with Crippen LogP contribution in [-0.4, -0.2) is 7.85 Å². The lowest BCUT2D eigenvalue weighted by Crippen LogP contribution is -2.29. The smallest absolute Gasteiger partial charge is 0.0695 e. The van der Waals surface area contributed by atoms with Gasteiger partial charge in [0.15, 0.2) is 0 Å². The van der Waals surface area contributed by atoms with Crippen molar-refractivity contribution in [1.29, 1.82) is 0 Å². The minimum Gasteiger partial charge on any atom is -0.0802 e. The first-order valence-electron chi connectivity index (χ1n) is 5.42. The van der Waals surface area contributed by atoms with Crippen molar-refractivity contribution >= 4 is 7.85 Å². The molecule has 2 radical (unpaired) electrons. The lowest BCUT2D eigenvalue weighted by atomic mass is 9.66. The zero-order chi connectivity index (χ0) is 10.7. The molecule has 0 aromatic rings. The van der Waals surface area contributed by atoms with Gasteiger partial charge in [0.1, 0.15) is 0 Å². The first-order chi connectivity index (χ1) is 5.67. The van der Waals surface area contributed by atoms with Crippen LogP contribution in [0.15, 0.2) is 0 Å². The molecule has 1 heteroatoms. The van der Waals surface area contributed by atoms with E-state index < -0.39 is 0 Å². The highest BCUT2D eigenvalue weighted by molar-refractivity contribution is 6.11. The van der Waals surface area contributed by atoms with E-state index in [-0.39, 0.29) is 0 Å². The Morgan fingerprint density at radius 2 is 1.54 bits per heavy atom. The number of hydrogen-bond acceptors (Lipinski definition) is 0. The monoisotopic (exact) mass is 180 g/mol. The minimum atomic E-state index is 0.357. The van der Waals surface area contributed by atoms with Gasteiger partial charge in [-0.1, -0.05) is 60.2 Å². The van der Waals surface area contributed by atoms with Crippen LogP contribution in [0, 0.1) is 10.8 Å². The fraction of sp³-hybridized carbons (Fsp3) is 1.00. The summed E-state index contributed by atoms with van der Waals surface area (Å²) in [6.45, 7) is 13.8. The molecule has 0 N–H and O–H groups in total. The Kier molecular flexibility index (Phi) is 4.55. The predicted octanol–water partition coefficient (Wildman–Crippen LogP) is 4.21. The molecule has 1 atom stereocenters. The number of hydrogen-bond donors (Lipinski definition) is 0. The second-order valence-electron chi connectivity index (χ2n) is 6.00. The topological polar surface area (TPSA) is 0 Å². The van der Waals surface area contributed by atoms with E-state index in [4.69, 9.17) is 7.85 Å². The molecule has 0 heterocycles. The van der Waals surface area contributed by atoms with Crippen LogP contribution in [0.5, 0.6) is 0 Å². The first kappa shape index (κ1) is 13.1. The molecule has 13 heavy (non-hydrogen) atoms. The Morgan fingerprint density at radius 3 is 1.85 bits per heavy atom. The van der Waals surface area contributed by atoms with E-state index in [0.29, 0.717) is 16.6 Å². The standard InChI is InChI=1S/C12H25B/c1-10(13)8-7-9-12(5,6)11(2,3)4/h10H,7-9H2,1-6H3. The Balaban J connectivity index is 3.90. The van der Waals surface area contributed by atoms with Crippen LogP contribution in [0.25, 0.3) is 0 Å². The average molecular weight is 180 g/mol. The van der Waals surface area contributed by atoms with Crippen molar-refractivity contribution in [3.8, 4) is 0 Å². The molecule has 0 saturated carbocycles. The molecule has 76 valence electrons. The summed E-state index contributed by atoms with van der Waals surface area (Å²) in [5.41, 5.74) is 0.812. The maximum absolute atomic E-state index is 5.73. The highest BCUT2D eigenvalue weighted by Crippen LogP contribution is 2.42. The molecule has 0 fully saturated rings. The highest BCUT2D eigenvalue weighted by atomic mass is 14.4. The van der Waals surface area contributed by atoms with Gasteiger partial charge in [-0.2, -0.15) is 0 Å². The molecule has 0 aliphatic heterocycles. The van der Waals surface area contributed by atoms with E-state index in [1.807, 2.05) is 0 Å². The maximum Gasteiger partial charge on any atom is 0.0695 e. The second-order valence-corrected chi connectivity index (χ2v) is 6.00. The molecule has 0 aromatic carbocycles. The molecular weight excluding hydrogens is 155 g/mol. The molecule has 0 amide bonds. The van der Waals surface area contributed by atoms with Crippen LogP contribution in [0.2, 0.25) is 5.82 Å². The van der Waals surface area contributed by atoms with Gasteiger partial charge in [-0.3, -0.25) is 0 Å². The molecular formula is C12H25B. The van der Waals surface area contributed by atoms with E-state index in [0.717, 1.165) is 6.42 Å². The van der Waals surface area contributed by atoms with E-state index in [9.17, 15) is 0 Å². The van der Waals surface area contributed by atoms with Gasteiger partial charge in [-0.05, 0) is 17.3 Å².